The number of pyridine rings is 1. The largest absolute Gasteiger partial charge is 0.488 e. The predicted octanol–water partition coefficient (Wildman–Crippen LogP) is 1.55. The molecule has 0 aromatic carbocycles. The van der Waals surface area contributed by atoms with Crippen molar-refractivity contribution in [1.29, 1.82) is 0 Å². The second-order valence-electron chi connectivity index (χ2n) is 2.49. The molecule has 0 fully saturated rings. The Hall–Kier alpha value is -1.45. The SMILES string of the molecule is Cc1ccc(OCCF)c(C=O)n1. The van der Waals surface area contributed by atoms with Crippen LogP contribution in [0, 0.1) is 6.92 Å². The molecule has 13 heavy (non-hydrogen) atoms. The maximum Gasteiger partial charge on any atom is 0.172 e. The van der Waals surface area contributed by atoms with E-state index in [1.54, 1.807) is 19.1 Å². The molecule has 0 saturated heterocycles. The lowest BCUT2D eigenvalue weighted by molar-refractivity contribution is 0.111. The van der Waals surface area contributed by atoms with Gasteiger partial charge in [0.05, 0.1) is 0 Å². The van der Waals surface area contributed by atoms with E-state index in [-0.39, 0.29) is 12.3 Å². The highest BCUT2D eigenvalue weighted by atomic mass is 19.1. The summed E-state index contributed by atoms with van der Waals surface area (Å²) in [5, 5.41) is 0. The number of rotatable bonds is 4. The van der Waals surface area contributed by atoms with Gasteiger partial charge in [0.2, 0.25) is 0 Å². The highest BCUT2D eigenvalue weighted by molar-refractivity contribution is 5.76. The molecule has 70 valence electrons. The minimum atomic E-state index is -0.577. The van der Waals surface area contributed by atoms with Crippen LogP contribution in [0.4, 0.5) is 4.39 Å². The Bertz CT molecular complexity index is 302. The Morgan fingerprint density at radius 3 is 3.00 bits per heavy atom. The van der Waals surface area contributed by atoms with Crippen molar-refractivity contribution in [2.75, 3.05) is 13.3 Å². The zero-order chi connectivity index (χ0) is 9.68. The van der Waals surface area contributed by atoms with Gasteiger partial charge in [-0.2, -0.15) is 0 Å². The van der Waals surface area contributed by atoms with Crippen LogP contribution in [0.15, 0.2) is 12.1 Å². The first-order valence-electron chi connectivity index (χ1n) is 3.89. The number of carbonyl (C=O) groups is 1. The van der Waals surface area contributed by atoms with Crippen LogP contribution in [0.5, 0.6) is 5.75 Å². The van der Waals surface area contributed by atoms with E-state index in [0.29, 0.717) is 12.0 Å². The van der Waals surface area contributed by atoms with Gasteiger partial charge in [0.25, 0.3) is 0 Å². The Labute approximate surface area is 75.6 Å². The minimum absolute atomic E-state index is 0.0500. The van der Waals surface area contributed by atoms with Gasteiger partial charge < -0.3 is 4.74 Å². The fourth-order valence-corrected chi connectivity index (χ4v) is 0.919. The summed E-state index contributed by atoms with van der Waals surface area (Å²) in [6, 6.07) is 3.32. The first-order chi connectivity index (χ1) is 6.27. The third-order valence-corrected chi connectivity index (χ3v) is 1.47. The van der Waals surface area contributed by atoms with Crippen LogP contribution in [0.25, 0.3) is 0 Å². The molecule has 0 bridgehead atoms. The molecular formula is C9H10FNO2. The third-order valence-electron chi connectivity index (χ3n) is 1.47. The molecule has 1 aromatic rings. The molecule has 0 radical (unpaired) electrons. The van der Waals surface area contributed by atoms with Gasteiger partial charge in [0.15, 0.2) is 6.29 Å². The van der Waals surface area contributed by atoms with E-state index < -0.39 is 6.67 Å². The maximum atomic E-state index is 11.8. The van der Waals surface area contributed by atoms with Crippen LogP contribution in [0.1, 0.15) is 16.2 Å². The second kappa shape index (κ2) is 4.54. The zero-order valence-electron chi connectivity index (χ0n) is 7.29. The molecule has 0 spiro atoms. The molecule has 1 rings (SSSR count). The summed E-state index contributed by atoms with van der Waals surface area (Å²) in [7, 11) is 0. The van der Waals surface area contributed by atoms with Gasteiger partial charge in [-0.15, -0.1) is 0 Å². The number of aryl methyl sites for hydroxylation is 1. The molecule has 0 unspecified atom stereocenters. The summed E-state index contributed by atoms with van der Waals surface area (Å²) in [6.45, 7) is 1.14. The van der Waals surface area contributed by atoms with Crippen molar-refractivity contribution in [2.24, 2.45) is 0 Å². The summed E-state index contributed by atoms with van der Waals surface area (Å²) in [6.07, 6.45) is 0.598. The number of halogens is 1. The summed E-state index contributed by atoms with van der Waals surface area (Å²) < 4.78 is 16.7. The predicted molar refractivity (Wildman–Crippen MR) is 45.8 cm³/mol. The molecular weight excluding hydrogens is 173 g/mol. The van der Waals surface area contributed by atoms with E-state index in [9.17, 15) is 9.18 Å². The maximum absolute atomic E-state index is 11.8. The second-order valence-corrected chi connectivity index (χ2v) is 2.49. The fourth-order valence-electron chi connectivity index (χ4n) is 0.919. The number of ether oxygens (including phenoxy) is 1. The monoisotopic (exact) mass is 183 g/mol. The van der Waals surface area contributed by atoms with Crippen LogP contribution < -0.4 is 4.74 Å². The van der Waals surface area contributed by atoms with Crippen LogP contribution in [0.3, 0.4) is 0 Å². The number of aromatic nitrogens is 1. The van der Waals surface area contributed by atoms with E-state index in [2.05, 4.69) is 4.98 Å². The fraction of sp³-hybridized carbons (Fsp3) is 0.333. The van der Waals surface area contributed by atoms with Crippen molar-refractivity contribution in [1.82, 2.24) is 4.98 Å². The Morgan fingerprint density at radius 2 is 2.38 bits per heavy atom. The smallest absolute Gasteiger partial charge is 0.172 e. The van der Waals surface area contributed by atoms with Gasteiger partial charge in [-0.25, -0.2) is 9.37 Å². The van der Waals surface area contributed by atoms with Gasteiger partial charge in [-0.3, -0.25) is 4.79 Å². The van der Waals surface area contributed by atoms with Crippen LogP contribution in [0.2, 0.25) is 0 Å². The quantitative estimate of drug-likeness (QED) is 0.665. The van der Waals surface area contributed by atoms with E-state index in [4.69, 9.17) is 4.74 Å². The standard InChI is InChI=1S/C9H10FNO2/c1-7-2-3-9(13-5-4-10)8(6-12)11-7/h2-3,6H,4-5H2,1H3. The first kappa shape index (κ1) is 9.64. The van der Waals surface area contributed by atoms with Crippen LogP contribution >= 0.6 is 0 Å². The van der Waals surface area contributed by atoms with Gasteiger partial charge >= 0.3 is 0 Å². The summed E-state index contributed by atoms with van der Waals surface area (Å²) in [5.41, 5.74) is 0.947. The van der Waals surface area contributed by atoms with Crippen molar-refractivity contribution in [3.63, 3.8) is 0 Å². The molecule has 0 N–H and O–H groups in total. The lowest BCUT2D eigenvalue weighted by atomic mass is 10.3. The normalized spacial score (nSPS) is 9.69. The Morgan fingerprint density at radius 1 is 1.62 bits per heavy atom. The lowest BCUT2D eigenvalue weighted by Crippen LogP contribution is -2.03. The molecule has 1 heterocycles. The number of nitrogens with zero attached hydrogens (tertiary/aromatic N) is 1. The Kier molecular flexibility index (Phi) is 3.37. The van der Waals surface area contributed by atoms with E-state index >= 15 is 0 Å². The average molecular weight is 183 g/mol. The van der Waals surface area contributed by atoms with Crippen molar-refractivity contribution >= 4 is 6.29 Å². The van der Waals surface area contributed by atoms with Crippen LogP contribution in [-0.2, 0) is 0 Å². The molecule has 1 aromatic heterocycles. The average Bonchev–Trinajstić information content (AvgIpc) is 2.16. The number of aldehydes is 1. The third kappa shape index (κ3) is 2.50. The van der Waals surface area contributed by atoms with Gasteiger partial charge in [-0.05, 0) is 19.1 Å². The zero-order valence-corrected chi connectivity index (χ0v) is 7.29. The Balaban J connectivity index is 2.86. The molecule has 4 heteroatoms. The van der Waals surface area contributed by atoms with Crippen molar-refractivity contribution in [3.05, 3.63) is 23.5 Å². The molecule has 0 aliphatic rings. The molecule has 0 aliphatic carbocycles. The summed E-state index contributed by atoms with van der Waals surface area (Å²) in [4.78, 5) is 14.4. The van der Waals surface area contributed by atoms with E-state index in [1.165, 1.54) is 0 Å². The van der Waals surface area contributed by atoms with Crippen molar-refractivity contribution in [2.45, 2.75) is 6.92 Å². The number of alkyl halides is 1. The summed E-state index contributed by atoms with van der Waals surface area (Å²) in [5.74, 6) is 0.332. The highest BCUT2D eigenvalue weighted by Gasteiger charge is 2.03. The van der Waals surface area contributed by atoms with Crippen LogP contribution in [-0.4, -0.2) is 24.6 Å². The van der Waals surface area contributed by atoms with Crippen molar-refractivity contribution < 1.29 is 13.9 Å². The highest BCUT2D eigenvalue weighted by Crippen LogP contribution is 2.14. The minimum Gasteiger partial charge on any atom is -0.488 e. The molecule has 3 nitrogen and oxygen atoms in total. The molecule has 0 amide bonds. The topological polar surface area (TPSA) is 39.2 Å². The molecule has 0 saturated carbocycles. The lowest BCUT2D eigenvalue weighted by Gasteiger charge is -2.05. The molecule has 0 atom stereocenters. The van der Waals surface area contributed by atoms with Gasteiger partial charge in [0, 0.05) is 5.69 Å². The number of hydrogen-bond donors (Lipinski definition) is 0. The van der Waals surface area contributed by atoms with E-state index in [0.717, 1.165) is 5.69 Å². The number of hydrogen-bond acceptors (Lipinski definition) is 3. The molecule has 0 aliphatic heterocycles. The first-order valence-corrected chi connectivity index (χ1v) is 3.89. The van der Waals surface area contributed by atoms with E-state index in [1.807, 2.05) is 0 Å². The van der Waals surface area contributed by atoms with Gasteiger partial charge in [0.1, 0.15) is 24.7 Å². The van der Waals surface area contributed by atoms with Crippen molar-refractivity contribution in [3.8, 4) is 5.75 Å². The van der Waals surface area contributed by atoms with Gasteiger partial charge in [-0.1, -0.05) is 0 Å². The number of carbonyl (C=O) groups excluding carboxylic acids is 1. The summed E-state index contributed by atoms with van der Waals surface area (Å²) >= 11 is 0.